The molecule has 0 fully saturated rings. The van der Waals surface area contributed by atoms with Gasteiger partial charge in [-0.2, -0.15) is 8.42 Å². The Morgan fingerprint density at radius 1 is 1.17 bits per heavy atom. The lowest BCUT2D eigenvalue weighted by atomic mass is 9.83. The van der Waals surface area contributed by atoms with E-state index in [9.17, 15) is 28.2 Å². The minimum absolute atomic E-state index is 0.130. The number of benzene rings is 2. The van der Waals surface area contributed by atoms with Gasteiger partial charge in [0.15, 0.2) is 11.9 Å². The highest BCUT2D eigenvalue weighted by molar-refractivity contribution is 7.86. The molecule has 12 nitrogen and oxygen atoms in total. The number of nitrogens with zero attached hydrogens (tertiary/aromatic N) is 2. The molecule has 2 aliphatic rings. The van der Waals surface area contributed by atoms with Crippen LogP contribution in [0.1, 0.15) is 32.4 Å². The van der Waals surface area contributed by atoms with Crippen molar-refractivity contribution in [3.05, 3.63) is 58.1 Å². The zero-order valence-electron chi connectivity index (χ0n) is 19.2. The van der Waals surface area contributed by atoms with Crippen LogP contribution in [0.5, 0.6) is 11.5 Å². The number of rotatable bonds is 8. The average molecular weight is 511 g/mol. The number of aliphatic hydroxyl groups excluding tert-OH is 1. The number of nitro groups is 1. The lowest BCUT2D eigenvalue weighted by Gasteiger charge is -2.49. The first-order valence-electron chi connectivity index (χ1n) is 10.9. The number of nitro benzene ring substituents is 1. The SMILES string of the molecule is CCOC(OCC)C1(C)Oc2ccc([N+](=O)[O-])cc2C(N2c3ccccc3OC2S(=O)(=O)O)C1O. The van der Waals surface area contributed by atoms with Gasteiger partial charge < -0.3 is 29.0 Å². The Labute approximate surface area is 201 Å². The third-order valence-electron chi connectivity index (χ3n) is 6.00. The summed E-state index contributed by atoms with van der Waals surface area (Å²) in [4.78, 5) is 12.1. The fraction of sp³-hybridized carbons (Fsp3) is 0.455. The van der Waals surface area contributed by atoms with E-state index in [0.29, 0.717) is 0 Å². The second-order valence-corrected chi connectivity index (χ2v) is 9.65. The summed E-state index contributed by atoms with van der Waals surface area (Å²) in [7, 11) is -4.84. The largest absolute Gasteiger partial charge is 0.479 e. The molecule has 4 rings (SSSR count). The van der Waals surface area contributed by atoms with E-state index < -0.39 is 44.6 Å². The molecule has 4 atom stereocenters. The Morgan fingerprint density at radius 3 is 2.43 bits per heavy atom. The molecule has 0 spiro atoms. The predicted octanol–water partition coefficient (Wildman–Crippen LogP) is 2.62. The normalized spacial score (nSPS) is 25.5. The van der Waals surface area contributed by atoms with Crippen molar-refractivity contribution in [2.75, 3.05) is 18.1 Å². The molecule has 13 heteroatoms. The number of ether oxygens (including phenoxy) is 4. The molecule has 2 aliphatic heterocycles. The van der Waals surface area contributed by atoms with Crippen molar-refractivity contribution in [3.63, 3.8) is 0 Å². The Balaban J connectivity index is 1.96. The van der Waals surface area contributed by atoms with E-state index in [1.807, 2.05) is 0 Å². The summed E-state index contributed by atoms with van der Waals surface area (Å²) in [6.45, 7) is 5.45. The summed E-state index contributed by atoms with van der Waals surface area (Å²) < 4.78 is 57.8. The monoisotopic (exact) mass is 510 g/mol. The van der Waals surface area contributed by atoms with E-state index in [-0.39, 0.29) is 41.7 Å². The molecule has 2 aromatic rings. The molecule has 190 valence electrons. The fourth-order valence-corrected chi connectivity index (χ4v) is 5.22. The number of anilines is 1. The molecule has 2 heterocycles. The van der Waals surface area contributed by atoms with Gasteiger partial charge in [0.1, 0.15) is 17.6 Å². The molecular weight excluding hydrogens is 484 g/mol. The second kappa shape index (κ2) is 9.24. The van der Waals surface area contributed by atoms with Crippen LogP contribution in [0.2, 0.25) is 0 Å². The van der Waals surface area contributed by atoms with Gasteiger partial charge in [-0.15, -0.1) is 0 Å². The van der Waals surface area contributed by atoms with Gasteiger partial charge in [-0.1, -0.05) is 12.1 Å². The van der Waals surface area contributed by atoms with Crippen LogP contribution in [-0.2, 0) is 19.6 Å². The standard InChI is InChI=1S/C22H26N2O10S/c1-4-31-20(32-5-2)22(3)19(25)18(14-12-13(24(26)27)10-11-16(14)34-22)23-15-8-6-7-9-17(15)33-21(23)35(28,29)30/h6-12,18-21,25H,4-5H2,1-3H3,(H,28,29,30). The van der Waals surface area contributed by atoms with Crippen molar-refractivity contribution in [2.45, 2.75) is 50.4 Å². The number of hydrogen-bond donors (Lipinski definition) is 2. The van der Waals surface area contributed by atoms with E-state index >= 15 is 0 Å². The summed E-state index contributed by atoms with van der Waals surface area (Å²) in [6, 6.07) is 8.83. The van der Waals surface area contributed by atoms with Crippen LogP contribution in [0.15, 0.2) is 42.5 Å². The first kappa shape index (κ1) is 25.1. The van der Waals surface area contributed by atoms with Gasteiger partial charge in [-0.3, -0.25) is 14.7 Å². The van der Waals surface area contributed by atoms with Gasteiger partial charge >= 0.3 is 15.7 Å². The second-order valence-electron chi connectivity index (χ2n) is 8.21. The zero-order chi connectivity index (χ0) is 25.5. The minimum atomic E-state index is -4.84. The van der Waals surface area contributed by atoms with Crippen molar-refractivity contribution < 1.29 is 41.9 Å². The smallest absolute Gasteiger partial charge is 0.324 e. The van der Waals surface area contributed by atoms with E-state index in [4.69, 9.17) is 18.9 Å². The maximum absolute atomic E-state index is 12.4. The van der Waals surface area contributed by atoms with Crippen molar-refractivity contribution in [2.24, 2.45) is 0 Å². The summed E-state index contributed by atoms with van der Waals surface area (Å²) in [5.41, 5.74) is -3.42. The molecule has 2 N–H and O–H groups in total. The molecule has 0 aliphatic carbocycles. The van der Waals surface area contributed by atoms with Crippen molar-refractivity contribution in [1.29, 1.82) is 0 Å². The third-order valence-corrected chi connectivity index (χ3v) is 6.83. The Morgan fingerprint density at radius 2 is 1.83 bits per heavy atom. The fourth-order valence-electron chi connectivity index (χ4n) is 4.46. The molecule has 0 aromatic heterocycles. The van der Waals surface area contributed by atoms with Crippen LogP contribution in [-0.4, -0.2) is 59.8 Å². The molecule has 4 unspecified atom stereocenters. The lowest BCUT2D eigenvalue weighted by molar-refractivity contribution is -0.385. The Kier molecular flexibility index (Phi) is 6.64. The van der Waals surface area contributed by atoms with Crippen LogP contribution in [0.3, 0.4) is 0 Å². The number of non-ortho nitro benzene ring substituents is 1. The van der Waals surface area contributed by atoms with Crippen LogP contribution in [0, 0.1) is 10.1 Å². The molecule has 35 heavy (non-hydrogen) atoms. The quantitative estimate of drug-likeness (QED) is 0.233. The average Bonchev–Trinajstić information content (AvgIpc) is 3.19. The molecule has 0 bridgehead atoms. The highest BCUT2D eigenvalue weighted by Crippen LogP contribution is 2.52. The number of aliphatic hydroxyl groups is 1. The first-order chi connectivity index (χ1) is 16.5. The van der Waals surface area contributed by atoms with Gasteiger partial charge in [0, 0.05) is 30.9 Å². The van der Waals surface area contributed by atoms with Crippen LogP contribution in [0.25, 0.3) is 0 Å². The number of fused-ring (bicyclic) bond motifs is 2. The third kappa shape index (κ3) is 4.29. The van der Waals surface area contributed by atoms with Crippen molar-refractivity contribution in [1.82, 2.24) is 0 Å². The Bertz CT molecular complexity index is 1220. The molecule has 0 amide bonds. The van der Waals surface area contributed by atoms with E-state index in [1.54, 1.807) is 32.0 Å². The number of para-hydroxylation sites is 2. The van der Waals surface area contributed by atoms with E-state index in [2.05, 4.69) is 0 Å². The summed E-state index contributed by atoms with van der Waals surface area (Å²) in [6.07, 6.45) is -2.64. The van der Waals surface area contributed by atoms with Gasteiger partial charge in [0.2, 0.25) is 0 Å². The van der Waals surface area contributed by atoms with Crippen molar-refractivity contribution in [3.8, 4) is 11.5 Å². The minimum Gasteiger partial charge on any atom is -0.479 e. The van der Waals surface area contributed by atoms with Crippen LogP contribution in [0.4, 0.5) is 11.4 Å². The lowest BCUT2D eigenvalue weighted by Crippen LogP contribution is -2.63. The number of hydrogen-bond acceptors (Lipinski definition) is 10. The van der Waals surface area contributed by atoms with Gasteiger partial charge in [0.25, 0.3) is 5.69 Å². The molecule has 0 saturated carbocycles. The van der Waals surface area contributed by atoms with Crippen molar-refractivity contribution >= 4 is 21.5 Å². The maximum atomic E-state index is 12.4. The van der Waals surface area contributed by atoms with E-state index in [1.165, 1.54) is 36.1 Å². The first-order valence-corrected chi connectivity index (χ1v) is 12.4. The van der Waals surface area contributed by atoms with E-state index in [0.717, 1.165) is 0 Å². The van der Waals surface area contributed by atoms with Crippen LogP contribution < -0.4 is 14.4 Å². The molecular formula is C22H26N2O10S. The molecule has 2 aromatic carbocycles. The Hall–Kier alpha value is -2.97. The van der Waals surface area contributed by atoms with Crippen LogP contribution >= 0.6 is 0 Å². The summed E-state index contributed by atoms with van der Waals surface area (Å²) >= 11 is 0. The topological polar surface area (TPSA) is 158 Å². The molecule has 0 saturated heterocycles. The zero-order valence-corrected chi connectivity index (χ0v) is 20.0. The summed E-state index contributed by atoms with van der Waals surface area (Å²) in [5, 5.41) is 23.2. The highest BCUT2D eigenvalue weighted by Gasteiger charge is 2.58. The van der Waals surface area contributed by atoms with Gasteiger partial charge in [0.05, 0.1) is 16.7 Å². The molecule has 0 radical (unpaired) electrons. The van der Waals surface area contributed by atoms with Gasteiger partial charge in [-0.25, -0.2) is 0 Å². The predicted molar refractivity (Wildman–Crippen MR) is 123 cm³/mol. The maximum Gasteiger partial charge on any atom is 0.324 e. The summed E-state index contributed by atoms with van der Waals surface area (Å²) in [5.74, 6) is 0.296. The van der Waals surface area contributed by atoms with Gasteiger partial charge in [-0.05, 0) is 39.0 Å². The highest BCUT2D eigenvalue weighted by atomic mass is 32.2.